The molecular formula is C24H42F3N7. The summed E-state index contributed by atoms with van der Waals surface area (Å²) in [6.07, 6.45) is 6.58. The normalized spacial score (nSPS) is 40.7. The molecule has 5 atom stereocenters. The van der Waals surface area contributed by atoms with Gasteiger partial charge < -0.3 is 9.80 Å². The minimum atomic E-state index is -4.18. The standard InChI is InChI=1S/C24H42F3N7/c1-32-14-19(24(25,26)27)30-21(32)17-10-8-15(9-11-17)13-34-22-18(33(2)23(34)28)12-29-20(31-22)16-6-4-3-5-7-16/h15-22,28-31H,3-14H2,1-2H3. The summed E-state index contributed by atoms with van der Waals surface area (Å²) in [7, 11) is 3.84. The molecule has 10 heteroatoms. The molecule has 2 saturated carbocycles. The van der Waals surface area contributed by atoms with Crippen molar-refractivity contribution in [3.8, 4) is 0 Å². The van der Waals surface area contributed by atoms with Crippen LogP contribution < -0.4 is 16.0 Å². The van der Waals surface area contributed by atoms with Crippen molar-refractivity contribution in [3.63, 3.8) is 0 Å². The van der Waals surface area contributed by atoms with Crippen molar-refractivity contribution in [1.82, 2.24) is 30.7 Å². The van der Waals surface area contributed by atoms with Gasteiger partial charge in [-0.25, -0.2) is 0 Å². The van der Waals surface area contributed by atoms with Crippen molar-refractivity contribution in [2.45, 2.75) is 94.5 Å². The summed E-state index contributed by atoms with van der Waals surface area (Å²) < 4.78 is 39.6. The van der Waals surface area contributed by atoms with Crippen LogP contribution in [0.1, 0.15) is 57.8 Å². The highest BCUT2D eigenvalue weighted by Crippen LogP contribution is 2.37. The number of nitrogens with zero attached hydrogens (tertiary/aromatic N) is 3. The van der Waals surface area contributed by atoms with Crippen LogP contribution >= 0.6 is 0 Å². The van der Waals surface area contributed by atoms with Gasteiger partial charge in [0.2, 0.25) is 0 Å². The first kappa shape index (κ1) is 24.6. The number of guanidine groups is 1. The van der Waals surface area contributed by atoms with Gasteiger partial charge in [0.25, 0.3) is 0 Å². The van der Waals surface area contributed by atoms with Gasteiger partial charge in [0, 0.05) is 26.7 Å². The molecule has 7 nitrogen and oxygen atoms in total. The third kappa shape index (κ3) is 4.80. The summed E-state index contributed by atoms with van der Waals surface area (Å²) in [4.78, 5) is 6.22. The van der Waals surface area contributed by atoms with Gasteiger partial charge in [-0.05, 0) is 63.3 Å². The van der Waals surface area contributed by atoms with Gasteiger partial charge in [-0.3, -0.25) is 26.3 Å². The van der Waals surface area contributed by atoms with Crippen LogP contribution in [0.25, 0.3) is 0 Å². The van der Waals surface area contributed by atoms with Crippen LogP contribution in [-0.4, -0.2) is 91.1 Å². The smallest absolute Gasteiger partial charge is 0.338 e. The summed E-state index contributed by atoms with van der Waals surface area (Å²) in [6, 6.07) is -1.15. The van der Waals surface area contributed by atoms with Crippen LogP contribution in [0.4, 0.5) is 13.2 Å². The van der Waals surface area contributed by atoms with E-state index in [1.165, 1.54) is 32.1 Å². The summed E-state index contributed by atoms with van der Waals surface area (Å²) in [5.41, 5.74) is 0. The highest BCUT2D eigenvalue weighted by Gasteiger charge is 2.49. The first-order chi connectivity index (χ1) is 16.2. The quantitative estimate of drug-likeness (QED) is 0.491. The van der Waals surface area contributed by atoms with E-state index in [1.807, 2.05) is 19.0 Å². The Bertz CT molecular complexity index is 720. The lowest BCUT2D eigenvalue weighted by Gasteiger charge is -2.43. The summed E-state index contributed by atoms with van der Waals surface area (Å²) in [5.74, 6) is 2.01. The zero-order chi connectivity index (χ0) is 24.0. The Balaban J connectivity index is 1.16. The van der Waals surface area contributed by atoms with Gasteiger partial charge in [-0.15, -0.1) is 0 Å². The number of rotatable bonds is 4. The Morgan fingerprint density at radius 1 is 0.912 bits per heavy atom. The lowest BCUT2D eigenvalue weighted by molar-refractivity contribution is -0.150. The molecule has 0 radical (unpaired) electrons. The predicted octanol–water partition coefficient (Wildman–Crippen LogP) is 2.56. The predicted molar refractivity (Wildman–Crippen MR) is 126 cm³/mol. The molecule has 0 spiro atoms. The number of nitrogens with one attached hydrogen (secondary N) is 4. The molecule has 4 N–H and O–H groups in total. The van der Waals surface area contributed by atoms with Gasteiger partial charge in [0.05, 0.1) is 18.4 Å². The van der Waals surface area contributed by atoms with Crippen molar-refractivity contribution in [3.05, 3.63) is 0 Å². The zero-order valence-electron chi connectivity index (χ0n) is 20.6. The van der Waals surface area contributed by atoms with E-state index in [-0.39, 0.29) is 30.8 Å². The molecule has 0 amide bonds. The molecule has 5 aliphatic rings. The van der Waals surface area contributed by atoms with Gasteiger partial charge in [0.1, 0.15) is 12.2 Å². The van der Waals surface area contributed by atoms with E-state index in [2.05, 4.69) is 25.8 Å². The first-order valence-corrected chi connectivity index (χ1v) is 13.3. The Morgan fingerprint density at radius 2 is 1.62 bits per heavy atom. The minimum Gasteiger partial charge on any atom is -0.338 e. The largest absolute Gasteiger partial charge is 0.405 e. The van der Waals surface area contributed by atoms with Crippen LogP contribution in [0.2, 0.25) is 0 Å². The molecule has 0 aromatic rings. The number of likely N-dealkylation sites (N-methyl/N-ethyl adjacent to an activating group) is 2. The molecule has 3 aliphatic heterocycles. The molecular weight excluding hydrogens is 443 g/mol. The van der Waals surface area contributed by atoms with Crippen LogP contribution in [0.5, 0.6) is 0 Å². The Hall–Kier alpha value is -1.10. The molecule has 194 valence electrons. The second-order valence-corrected chi connectivity index (χ2v) is 11.5. The maximum atomic E-state index is 13.2. The highest BCUT2D eigenvalue weighted by atomic mass is 19.4. The molecule has 5 rings (SSSR count). The summed E-state index contributed by atoms with van der Waals surface area (Å²) >= 11 is 0. The number of alkyl halides is 3. The summed E-state index contributed by atoms with van der Waals surface area (Å²) in [5, 5.41) is 19.2. The van der Waals surface area contributed by atoms with E-state index in [4.69, 9.17) is 5.41 Å². The van der Waals surface area contributed by atoms with Crippen molar-refractivity contribution in [1.29, 1.82) is 5.41 Å². The number of fused-ring (bicyclic) bond motifs is 1. The first-order valence-electron chi connectivity index (χ1n) is 13.3. The average Bonchev–Trinajstić information content (AvgIpc) is 3.34. The third-order valence-corrected chi connectivity index (χ3v) is 9.33. The molecule has 0 aromatic carbocycles. The lowest BCUT2D eigenvalue weighted by Crippen LogP contribution is -2.66. The molecule has 3 heterocycles. The molecule has 0 aromatic heterocycles. The topological polar surface area (TPSA) is 69.7 Å². The van der Waals surface area contributed by atoms with Crippen LogP contribution in [0.3, 0.4) is 0 Å². The highest BCUT2D eigenvalue weighted by molar-refractivity contribution is 5.80. The second-order valence-electron chi connectivity index (χ2n) is 11.5. The fourth-order valence-corrected chi connectivity index (χ4v) is 7.27. The summed E-state index contributed by atoms with van der Waals surface area (Å²) in [6.45, 7) is 1.80. The van der Waals surface area contributed by atoms with Crippen molar-refractivity contribution in [2.75, 3.05) is 33.7 Å². The molecule has 0 bridgehead atoms. The molecule has 5 fully saturated rings. The number of hydrogen-bond donors (Lipinski definition) is 4. The fraction of sp³-hybridized carbons (Fsp3) is 0.958. The van der Waals surface area contributed by atoms with Crippen molar-refractivity contribution in [2.24, 2.45) is 17.8 Å². The van der Waals surface area contributed by atoms with Crippen LogP contribution in [-0.2, 0) is 0 Å². The minimum absolute atomic E-state index is 0.0380. The van der Waals surface area contributed by atoms with Gasteiger partial charge in [-0.1, -0.05) is 19.3 Å². The Labute approximate surface area is 201 Å². The Morgan fingerprint density at radius 3 is 2.26 bits per heavy atom. The SMILES string of the molecule is CN1CC(C(F)(F)F)NC1C1CCC(CN2C(=N)N(C)C3CNC(C4CCCCC4)NC32)CC1. The monoisotopic (exact) mass is 485 g/mol. The molecule has 3 saturated heterocycles. The zero-order valence-corrected chi connectivity index (χ0v) is 20.6. The maximum absolute atomic E-state index is 13.2. The van der Waals surface area contributed by atoms with Crippen LogP contribution in [0, 0.1) is 23.2 Å². The fourth-order valence-electron chi connectivity index (χ4n) is 7.27. The van der Waals surface area contributed by atoms with Crippen molar-refractivity contribution < 1.29 is 13.2 Å². The van der Waals surface area contributed by atoms with Crippen LogP contribution in [0.15, 0.2) is 0 Å². The van der Waals surface area contributed by atoms with E-state index in [0.717, 1.165) is 38.8 Å². The maximum Gasteiger partial charge on any atom is 0.405 e. The molecule has 5 unspecified atom stereocenters. The number of hydrogen-bond acceptors (Lipinski definition) is 5. The van der Waals surface area contributed by atoms with E-state index in [9.17, 15) is 13.2 Å². The Kier molecular flexibility index (Phi) is 7.05. The lowest BCUT2D eigenvalue weighted by atomic mass is 9.80. The van der Waals surface area contributed by atoms with Crippen molar-refractivity contribution >= 4 is 5.96 Å². The number of halogens is 3. The van der Waals surface area contributed by atoms with Gasteiger partial charge in [0.15, 0.2) is 5.96 Å². The van der Waals surface area contributed by atoms with E-state index < -0.39 is 12.2 Å². The molecule has 2 aliphatic carbocycles. The van der Waals surface area contributed by atoms with E-state index >= 15 is 0 Å². The van der Waals surface area contributed by atoms with E-state index in [1.54, 1.807) is 0 Å². The van der Waals surface area contributed by atoms with E-state index in [0.29, 0.717) is 24.0 Å². The second kappa shape index (κ2) is 9.75. The van der Waals surface area contributed by atoms with Gasteiger partial charge >= 0.3 is 6.18 Å². The average molecular weight is 486 g/mol. The van der Waals surface area contributed by atoms with Gasteiger partial charge in [-0.2, -0.15) is 13.2 Å². The molecule has 34 heavy (non-hydrogen) atoms. The third-order valence-electron chi connectivity index (χ3n) is 9.33.